The normalized spacial score (nSPS) is 11.4. The summed E-state index contributed by atoms with van der Waals surface area (Å²) in [6, 6.07) is 5.79. The lowest BCUT2D eigenvalue weighted by atomic mass is 10.2. The summed E-state index contributed by atoms with van der Waals surface area (Å²) in [6.45, 7) is 3.47. The highest BCUT2D eigenvalue weighted by Gasteiger charge is 2.04. The van der Waals surface area contributed by atoms with Gasteiger partial charge >= 0.3 is 0 Å². The third-order valence-electron chi connectivity index (χ3n) is 2.40. The van der Waals surface area contributed by atoms with Gasteiger partial charge < -0.3 is 14.8 Å². The lowest BCUT2D eigenvalue weighted by molar-refractivity contribution is 0.390. The van der Waals surface area contributed by atoms with Crippen LogP contribution in [0.4, 0.5) is 0 Å². The van der Waals surface area contributed by atoms with Gasteiger partial charge in [0.1, 0.15) is 11.5 Å². The molecule has 0 fully saturated rings. The van der Waals surface area contributed by atoms with Crippen molar-refractivity contribution < 1.29 is 9.47 Å². The van der Waals surface area contributed by atoms with Gasteiger partial charge in [0.2, 0.25) is 0 Å². The lowest BCUT2D eigenvalue weighted by Crippen LogP contribution is -2.16. The summed E-state index contributed by atoms with van der Waals surface area (Å²) in [5.41, 5.74) is 3.77. The predicted octanol–water partition coefficient (Wildman–Crippen LogP) is 2.94. The van der Waals surface area contributed by atoms with Crippen LogP contribution in [0.3, 0.4) is 0 Å². The monoisotopic (exact) mass is 255 g/mol. The maximum Gasteiger partial charge on any atom is 0.127 e. The molecule has 0 aliphatic carbocycles. The second kappa shape index (κ2) is 7.20. The Hall–Kier alpha value is -1.19. The van der Waals surface area contributed by atoms with Gasteiger partial charge in [-0.25, -0.2) is 0 Å². The standard InChI is InChI=1S/C13H18ClNO2/c1-10(7-14)8-15-9-11-4-5-12(16-2)6-13(11)17-3/h4-7,15H,8-9H2,1-3H3/b10-7+. The number of hydrogen-bond donors (Lipinski definition) is 1. The number of benzene rings is 1. The molecule has 0 saturated heterocycles. The molecule has 0 spiro atoms. The van der Waals surface area contributed by atoms with Crippen molar-refractivity contribution in [1.82, 2.24) is 5.32 Å². The van der Waals surface area contributed by atoms with Gasteiger partial charge in [-0.05, 0) is 18.6 Å². The van der Waals surface area contributed by atoms with E-state index >= 15 is 0 Å². The van der Waals surface area contributed by atoms with Crippen molar-refractivity contribution in [3.05, 3.63) is 34.9 Å². The van der Waals surface area contributed by atoms with Crippen LogP contribution in [0.1, 0.15) is 12.5 Å². The molecule has 0 atom stereocenters. The fraction of sp³-hybridized carbons (Fsp3) is 0.385. The number of methoxy groups -OCH3 is 2. The Balaban J connectivity index is 2.64. The molecule has 0 radical (unpaired) electrons. The third kappa shape index (κ3) is 4.29. The lowest BCUT2D eigenvalue weighted by Gasteiger charge is -2.11. The number of rotatable bonds is 6. The second-order valence-electron chi connectivity index (χ2n) is 3.74. The minimum Gasteiger partial charge on any atom is -0.497 e. The van der Waals surface area contributed by atoms with Gasteiger partial charge in [0, 0.05) is 30.3 Å². The maximum absolute atomic E-state index is 5.59. The van der Waals surface area contributed by atoms with Crippen LogP contribution in [0.15, 0.2) is 29.3 Å². The molecule has 1 N–H and O–H groups in total. The first kappa shape index (κ1) is 13.9. The molecule has 0 amide bonds. The summed E-state index contributed by atoms with van der Waals surface area (Å²) in [5, 5.41) is 3.29. The molecule has 1 aromatic carbocycles. The highest BCUT2D eigenvalue weighted by atomic mass is 35.5. The van der Waals surface area contributed by atoms with E-state index in [9.17, 15) is 0 Å². The minimum absolute atomic E-state index is 0.731. The van der Waals surface area contributed by atoms with E-state index in [-0.39, 0.29) is 0 Å². The van der Waals surface area contributed by atoms with E-state index in [1.54, 1.807) is 19.8 Å². The van der Waals surface area contributed by atoms with E-state index in [4.69, 9.17) is 21.1 Å². The molecule has 0 unspecified atom stereocenters. The van der Waals surface area contributed by atoms with Crippen LogP contribution in [0, 0.1) is 0 Å². The molecule has 0 aliphatic heterocycles. The molecule has 0 heterocycles. The SMILES string of the molecule is COc1ccc(CNC/C(C)=C/Cl)c(OC)c1. The smallest absolute Gasteiger partial charge is 0.127 e. The summed E-state index contributed by atoms with van der Waals surface area (Å²) in [6.07, 6.45) is 0. The molecule has 17 heavy (non-hydrogen) atoms. The van der Waals surface area contributed by atoms with Crippen molar-refractivity contribution in [2.45, 2.75) is 13.5 Å². The first-order chi connectivity index (χ1) is 8.21. The number of nitrogens with one attached hydrogen (secondary N) is 1. The fourth-order valence-electron chi connectivity index (χ4n) is 1.43. The Bertz CT molecular complexity index is 391. The van der Waals surface area contributed by atoms with Crippen LogP contribution in [0.2, 0.25) is 0 Å². The Morgan fingerprint density at radius 3 is 2.71 bits per heavy atom. The molecular weight excluding hydrogens is 238 g/mol. The quantitative estimate of drug-likeness (QED) is 0.848. The van der Waals surface area contributed by atoms with E-state index < -0.39 is 0 Å². The van der Waals surface area contributed by atoms with Gasteiger partial charge in [-0.15, -0.1) is 0 Å². The summed E-state index contributed by atoms with van der Waals surface area (Å²) in [7, 11) is 3.30. The van der Waals surface area contributed by atoms with Gasteiger partial charge in [-0.3, -0.25) is 0 Å². The minimum atomic E-state index is 0.731. The van der Waals surface area contributed by atoms with E-state index in [2.05, 4.69) is 5.32 Å². The summed E-state index contributed by atoms with van der Waals surface area (Å²) >= 11 is 5.59. The van der Waals surface area contributed by atoms with Gasteiger partial charge in [-0.1, -0.05) is 17.7 Å². The molecule has 3 nitrogen and oxygen atoms in total. The topological polar surface area (TPSA) is 30.5 Å². The predicted molar refractivity (Wildman–Crippen MR) is 70.9 cm³/mol. The third-order valence-corrected chi connectivity index (χ3v) is 2.77. The molecule has 0 aromatic heterocycles. The number of ether oxygens (including phenoxy) is 2. The zero-order valence-electron chi connectivity index (χ0n) is 10.4. The Morgan fingerprint density at radius 1 is 1.35 bits per heavy atom. The van der Waals surface area contributed by atoms with Crippen molar-refractivity contribution in [3.8, 4) is 11.5 Å². The van der Waals surface area contributed by atoms with Crippen LogP contribution < -0.4 is 14.8 Å². The molecule has 0 aliphatic rings. The van der Waals surface area contributed by atoms with Crippen LogP contribution >= 0.6 is 11.6 Å². The van der Waals surface area contributed by atoms with Gasteiger partial charge in [0.15, 0.2) is 0 Å². The zero-order valence-corrected chi connectivity index (χ0v) is 11.2. The number of hydrogen-bond acceptors (Lipinski definition) is 3. The van der Waals surface area contributed by atoms with Crippen LogP contribution in [-0.2, 0) is 6.54 Å². The molecule has 1 aromatic rings. The van der Waals surface area contributed by atoms with Gasteiger partial charge in [0.25, 0.3) is 0 Å². The molecule has 94 valence electrons. The maximum atomic E-state index is 5.59. The summed E-state index contributed by atoms with van der Waals surface area (Å²) in [4.78, 5) is 0. The molecular formula is C13H18ClNO2. The fourth-order valence-corrected chi connectivity index (χ4v) is 1.51. The highest BCUT2D eigenvalue weighted by molar-refractivity contribution is 6.25. The largest absolute Gasteiger partial charge is 0.497 e. The van der Waals surface area contributed by atoms with Gasteiger partial charge in [-0.2, -0.15) is 0 Å². The number of halogens is 1. The molecule has 1 rings (SSSR count). The Kier molecular flexibility index (Phi) is 5.87. The summed E-state index contributed by atoms with van der Waals surface area (Å²) < 4.78 is 10.5. The average molecular weight is 256 g/mol. The zero-order chi connectivity index (χ0) is 12.7. The van der Waals surface area contributed by atoms with E-state index in [0.717, 1.165) is 35.7 Å². The van der Waals surface area contributed by atoms with Crippen LogP contribution in [-0.4, -0.2) is 20.8 Å². The Morgan fingerprint density at radius 2 is 2.12 bits per heavy atom. The first-order valence-corrected chi connectivity index (χ1v) is 5.82. The van der Waals surface area contributed by atoms with E-state index in [1.165, 1.54) is 0 Å². The summed E-state index contributed by atoms with van der Waals surface area (Å²) in [5.74, 6) is 1.62. The van der Waals surface area contributed by atoms with Crippen molar-refractivity contribution in [3.63, 3.8) is 0 Å². The van der Waals surface area contributed by atoms with Gasteiger partial charge in [0.05, 0.1) is 14.2 Å². The van der Waals surface area contributed by atoms with Crippen molar-refractivity contribution in [1.29, 1.82) is 0 Å². The molecule has 0 saturated carbocycles. The van der Waals surface area contributed by atoms with E-state index in [1.807, 2.05) is 25.1 Å². The second-order valence-corrected chi connectivity index (χ2v) is 3.96. The Labute approximate surface area is 107 Å². The molecule has 4 heteroatoms. The van der Waals surface area contributed by atoms with Crippen molar-refractivity contribution >= 4 is 11.6 Å². The van der Waals surface area contributed by atoms with E-state index in [0.29, 0.717) is 0 Å². The van der Waals surface area contributed by atoms with Crippen molar-refractivity contribution in [2.75, 3.05) is 20.8 Å². The first-order valence-electron chi connectivity index (χ1n) is 5.38. The van der Waals surface area contributed by atoms with Crippen molar-refractivity contribution in [2.24, 2.45) is 0 Å². The average Bonchev–Trinajstić information content (AvgIpc) is 2.38. The van der Waals surface area contributed by atoms with Crippen LogP contribution in [0.25, 0.3) is 0 Å². The molecule has 0 bridgehead atoms. The highest BCUT2D eigenvalue weighted by Crippen LogP contribution is 2.24. The van der Waals surface area contributed by atoms with Crippen LogP contribution in [0.5, 0.6) is 11.5 Å².